The fourth-order valence-corrected chi connectivity index (χ4v) is 1.51. The van der Waals surface area contributed by atoms with Gasteiger partial charge in [-0.25, -0.2) is 0 Å². The van der Waals surface area contributed by atoms with Gasteiger partial charge in [-0.05, 0) is 32.5 Å². The average Bonchev–Trinajstić information content (AvgIpc) is 2.46. The third-order valence-electron chi connectivity index (χ3n) is 2.77. The fourth-order valence-electron chi connectivity index (χ4n) is 1.51. The van der Waals surface area contributed by atoms with Crippen LogP contribution in [0.25, 0.3) is 0 Å². The molecule has 1 unspecified atom stereocenters. The van der Waals surface area contributed by atoms with Gasteiger partial charge in [0.1, 0.15) is 12.4 Å². The molecule has 0 aromatic carbocycles. The molecule has 1 heterocycles. The molecule has 0 aliphatic heterocycles. The maximum Gasteiger partial charge on any atom is 0.137 e. The summed E-state index contributed by atoms with van der Waals surface area (Å²) in [6.07, 6.45) is 2.66. The van der Waals surface area contributed by atoms with Gasteiger partial charge in [0, 0.05) is 26.4 Å². The number of pyridine rings is 1. The van der Waals surface area contributed by atoms with Crippen molar-refractivity contribution < 1.29 is 14.2 Å². The lowest BCUT2D eigenvalue weighted by Gasteiger charge is -2.11. The van der Waals surface area contributed by atoms with Crippen LogP contribution in [0.15, 0.2) is 18.3 Å². The summed E-state index contributed by atoms with van der Waals surface area (Å²) in [5.74, 6) is 0.771. The summed E-state index contributed by atoms with van der Waals surface area (Å²) in [4.78, 5) is 4.34. The van der Waals surface area contributed by atoms with Crippen LogP contribution in [0.2, 0.25) is 0 Å². The van der Waals surface area contributed by atoms with Gasteiger partial charge in [-0.3, -0.25) is 4.98 Å². The Morgan fingerprint density at radius 1 is 1.21 bits per heavy atom. The van der Waals surface area contributed by atoms with Gasteiger partial charge in [-0.2, -0.15) is 0 Å². The smallest absolute Gasteiger partial charge is 0.137 e. The topological polar surface area (TPSA) is 52.6 Å². The maximum absolute atomic E-state index is 5.54. The van der Waals surface area contributed by atoms with E-state index in [-0.39, 0.29) is 6.04 Å². The summed E-state index contributed by atoms with van der Waals surface area (Å²) in [6, 6.07) is 4.15. The second kappa shape index (κ2) is 9.72. The Morgan fingerprint density at radius 2 is 2.05 bits per heavy atom. The van der Waals surface area contributed by atoms with E-state index in [9.17, 15) is 0 Å². The zero-order valence-electron chi connectivity index (χ0n) is 12.0. The van der Waals surface area contributed by atoms with Crippen molar-refractivity contribution >= 4 is 0 Å². The number of aromatic nitrogens is 1. The molecule has 0 fully saturated rings. The van der Waals surface area contributed by atoms with Gasteiger partial charge >= 0.3 is 0 Å². The number of nitrogens with zero attached hydrogens (tertiary/aromatic N) is 1. The molecule has 108 valence electrons. The molecule has 0 aliphatic rings. The number of hydrogen-bond donors (Lipinski definition) is 1. The van der Waals surface area contributed by atoms with E-state index in [1.54, 1.807) is 13.3 Å². The van der Waals surface area contributed by atoms with Crippen LogP contribution in [0.1, 0.15) is 25.1 Å². The number of methoxy groups -OCH3 is 1. The van der Waals surface area contributed by atoms with Crippen LogP contribution in [0.5, 0.6) is 5.75 Å². The molecular weight excluding hydrogens is 244 g/mol. The van der Waals surface area contributed by atoms with E-state index in [4.69, 9.17) is 14.2 Å². The third kappa shape index (κ3) is 6.52. The molecule has 0 spiro atoms. The zero-order valence-corrected chi connectivity index (χ0v) is 12.0. The molecule has 1 atom stereocenters. The van der Waals surface area contributed by atoms with Crippen molar-refractivity contribution in [3.8, 4) is 5.75 Å². The van der Waals surface area contributed by atoms with Crippen LogP contribution >= 0.6 is 0 Å². The predicted octanol–water partition coefficient (Wildman–Crippen LogP) is 1.79. The minimum absolute atomic E-state index is 0.248. The molecule has 1 rings (SSSR count). The molecule has 0 radical (unpaired) electrons. The first-order chi connectivity index (χ1) is 9.27. The molecule has 1 N–H and O–H groups in total. The van der Waals surface area contributed by atoms with Crippen LogP contribution in [-0.4, -0.2) is 45.6 Å². The molecule has 0 bridgehead atoms. The maximum atomic E-state index is 5.54. The van der Waals surface area contributed by atoms with Gasteiger partial charge in [0.2, 0.25) is 0 Å². The van der Waals surface area contributed by atoms with Crippen LogP contribution in [0.3, 0.4) is 0 Å². The first-order valence-corrected chi connectivity index (χ1v) is 6.60. The van der Waals surface area contributed by atoms with Crippen molar-refractivity contribution in [1.29, 1.82) is 0 Å². The Kier molecular flexibility index (Phi) is 8.13. The van der Waals surface area contributed by atoms with E-state index in [1.807, 2.05) is 19.2 Å². The summed E-state index contributed by atoms with van der Waals surface area (Å²) in [5.41, 5.74) is 1.01. The molecule has 1 aromatic rings. The van der Waals surface area contributed by atoms with Crippen LogP contribution in [-0.2, 0) is 9.47 Å². The quantitative estimate of drug-likeness (QED) is 0.656. The van der Waals surface area contributed by atoms with Crippen LogP contribution in [0, 0.1) is 0 Å². The Morgan fingerprint density at radius 3 is 2.68 bits per heavy atom. The Balaban J connectivity index is 2.16. The van der Waals surface area contributed by atoms with Gasteiger partial charge in [0.25, 0.3) is 0 Å². The highest BCUT2D eigenvalue weighted by atomic mass is 16.5. The largest absolute Gasteiger partial charge is 0.490 e. The number of hydrogen-bond acceptors (Lipinski definition) is 5. The minimum Gasteiger partial charge on any atom is -0.490 e. The minimum atomic E-state index is 0.248. The highest BCUT2D eigenvalue weighted by molar-refractivity contribution is 5.21. The van der Waals surface area contributed by atoms with Gasteiger partial charge in [-0.1, -0.05) is 0 Å². The van der Waals surface area contributed by atoms with Crippen LogP contribution in [0.4, 0.5) is 0 Å². The number of nitrogens with one attached hydrogen (secondary N) is 1. The molecule has 19 heavy (non-hydrogen) atoms. The SMILES string of the molecule is CNC(C)c1ccc(OCCOCCCOC)cn1. The Labute approximate surface area is 115 Å². The summed E-state index contributed by atoms with van der Waals surface area (Å²) >= 11 is 0. The molecule has 1 aromatic heterocycles. The fraction of sp³-hybridized carbons (Fsp3) is 0.643. The summed E-state index contributed by atoms with van der Waals surface area (Å²) < 4.78 is 15.9. The van der Waals surface area contributed by atoms with Gasteiger partial charge in [0.05, 0.1) is 18.5 Å². The molecule has 0 saturated heterocycles. The number of ether oxygens (including phenoxy) is 3. The third-order valence-corrected chi connectivity index (χ3v) is 2.77. The first-order valence-electron chi connectivity index (χ1n) is 6.60. The van der Waals surface area contributed by atoms with E-state index in [0.717, 1.165) is 24.5 Å². The zero-order chi connectivity index (χ0) is 13.9. The molecule has 0 amide bonds. The van der Waals surface area contributed by atoms with E-state index in [2.05, 4.69) is 17.2 Å². The van der Waals surface area contributed by atoms with Crippen molar-refractivity contribution in [2.45, 2.75) is 19.4 Å². The molecular formula is C14H24N2O3. The summed E-state index contributed by atoms with van der Waals surface area (Å²) in [5, 5.41) is 3.14. The standard InChI is InChI=1S/C14H24N2O3/c1-12(15-2)14-6-5-13(11-16-14)19-10-9-18-8-4-7-17-3/h5-6,11-12,15H,4,7-10H2,1-3H3. The van der Waals surface area contributed by atoms with E-state index < -0.39 is 0 Å². The van der Waals surface area contributed by atoms with Crippen LogP contribution < -0.4 is 10.1 Å². The van der Waals surface area contributed by atoms with Crippen molar-refractivity contribution in [2.24, 2.45) is 0 Å². The Hall–Kier alpha value is -1.17. The van der Waals surface area contributed by atoms with E-state index >= 15 is 0 Å². The molecule has 5 heteroatoms. The predicted molar refractivity (Wildman–Crippen MR) is 74.5 cm³/mol. The first kappa shape index (κ1) is 15.9. The lowest BCUT2D eigenvalue weighted by atomic mass is 10.2. The van der Waals surface area contributed by atoms with Gasteiger partial charge < -0.3 is 19.5 Å². The normalized spacial score (nSPS) is 12.4. The molecule has 0 saturated carbocycles. The highest BCUT2D eigenvalue weighted by Crippen LogP contribution is 2.13. The second-order valence-electron chi connectivity index (χ2n) is 4.24. The summed E-state index contributed by atoms with van der Waals surface area (Å²) in [6.45, 7) is 4.62. The lowest BCUT2D eigenvalue weighted by molar-refractivity contribution is 0.0805. The lowest BCUT2D eigenvalue weighted by Crippen LogP contribution is -2.13. The van der Waals surface area contributed by atoms with Gasteiger partial charge in [-0.15, -0.1) is 0 Å². The monoisotopic (exact) mass is 268 g/mol. The van der Waals surface area contributed by atoms with Crippen molar-refractivity contribution in [3.05, 3.63) is 24.0 Å². The Bertz CT molecular complexity index is 330. The van der Waals surface area contributed by atoms with Crippen molar-refractivity contribution in [3.63, 3.8) is 0 Å². The van der Waals surface area contributed by atoms with E-state index in [0.29, 0.717) is 19.8 Å². The van der Waals surface area contributed by atoms with Gasteiger partial charge in [0.15, 0.2) is 0 Å². The number of rotatable bonds is 10. The second-order valence-corrected chi connectivity index (χ2v) is 4.24. The molecule has 5 nitrogen and oxygen atoms in total. The average molecular weight is 268 g/mol. The van der Waals surface area contributed by atoms with Crippen molar-refractivity contribution in [2.75, 3.05) is 40.6 Å². The van der Waals surface area contributed by atoms with Crippen molar-refractivity contribution in [1.82, 2.24) is 10.3 Å². The highest BCUT2D eigenvalue weighted by Gasteiger charge is 2.03. The molecule has 0 aliphatic carbocycles. The van der Waals surface area contributed by atoms with E-state index in [1.165, 1.54) is 0 Å². The summed E-state index contributed by atoms with van der Waals surface area (Å²) in [7, 11) is 3.60.